The molecule has 0 bridgehead atoms. The molecule has 3 aliphatic heterocycles. The summed E-state index contributed by atoms with van der Waals surface area (Å²) in [7, 11) is 2.06. The molecule has 1 atom stereocenters. The Labute approximate surface area is 216 Å². The summed E-state index contributed by atoms with van der Waals surface area (Å²) in [6.45, 7) is 4.40. The number of fused-ring (bicyclic) bond motifs is 5. The number of aliphatic hydroxyl groups is 1. The monoisotopic (exact) mass is 518 g/mol. The van der Waals surface area contributed by atoms with Gasteiger partial charge in [0.1, 0.15) is 18.0 Å². The third kappa shape index (κ3) is 3.44. The number of nitrogens with zero attached hydrogens (tertiary/aromatic N) is 6. The van der Waals surface area contributed by atoms with E-state index in [1.54, 1.807) is 12.3 Å². The van der Waals surface area contributed by atoms with Crippen LogP contribution in [0.2, 0.25) is 0 Å². The fourth-order valence-corrected chi connectivity index (χ4v) is 5.58. The smallest absolute Gasteiger partial charge is 0.343 e. The van der Waals surface area contributed by atoms with Crippen LogP contribution in [0.4, 0.5) is 5.69 Å². The lowest BCUT2D eigenvalue weighted by Crippen LogP contribution is -2.45. The molecule has 38 heavy (non-hydrogen) atoms. The van der Waals surface area contributed by atoms with E-state index >= 15 is 0 Å². The van der Waals surface area contributed by atoms with Crippen LogP contribution in [0.5, 0.6) is 0 Å². The second-order valence-electron chi connectivity index (χ2n) is 9.86. The number of carbonyl (C=O) groups excluding carboxylic acids is 1. The Kier molecular flexibility index (Phi) is 5.54. The largest absolute Gasteiger partial charge is 0.458 e. The van der Waals surface area contributed by atoms with Crippen molar-refractivity contribution in [1.29, 1.82) is 0 Å². The summed E-state index contributed by atoms with van der Waals surface area (Å²) in [5, 5.41) is 31.3. The lowest BCUT2D eigenvalue weighted by Gasteiger charge is -2.31. The maximum atomic E-state index is 13.7. The van der Waals surface area contributed by atoms with Crippen LogP contribution in [-0.4, -0.2) is 74.9 Å². The first-order chi connectivity index (χ1) is 18.2. The lowest BCUT2D eigenvalue weighted by atomic mass is 9.84. The zero-order chi connectivity index (χ0) is 26.8. The van der Waals surface area contributed by atoms with Gasteiger partial charge in [-0.15, -0.1) is 0 Å². The number of cyclic esters (lactones) is 1. The number of ether oxygens (including phenoxy) is 1. The Balaban J connectivity index is 1.62. The van der Waals surface area contributed by atoms with E-state index in [0.29, 0.717) is 11.1 Å². The van der Waals surface area contributed by atoms with Crippen molar-refractivity contribution in [2.75, 3.05) is 33.2 Å². The summed E-state index contributed by atoms with van der Waals surface area (Å²) < 4.78 is 6.39. The SMILES string of the molecule is CC[C@@]1(O)C(=O)OCc2c1c([N+](=O)[O-])c1n(c2=O)Cc2c-1nc1ccccc1c2/C=N/N1CCN(C)CC1. The molecule has 12 nitrogen and oxygen atoms in total. The molecule has 3 aromatic rings. The van der Waals surface area contributed by atoms with Crippen molar-refractivity contribution in [3.05, 3.63) is 67.0 Å². The van der Waals surface area contributed by atoms with Gasteiger partial charge in [0, 0.05) is 42.7 Å². The molecule has 0 spiro atoms. The van der Waals surface area contributed by atoms with E-state index in [1.165, 1.54) is 11.5 Å². The van der Waals surface area contributed by atoms with Crippen LogP contribution in [0, 0.1) is 10.1 Å². The minimum Gasteiger partial charge on any atom is -0.458 e. The number of piperazine rings is 1. The lowest BCUT2D eigenvalue weighted by molar-refractivity contribution is -0.386. The molecular formula is C26H26N6O6. The van der Waals surface area contributed by atoms with Crippen molar-refractivity contribution in [3.63, 3.8) is 0 Å². The van der Waals surface area contributed by atoms with Gasteiger partial charge in [0.05, 0.1) is 34.3 Å². The van der Waals surface area contributed by atoms with Crippen LogP contribution in [0.25, 0.3) is 22.3 Å². The third-order valence-corrected chi connectivity index (χ3v) is 7.74. The number of para-hydroxylation sites is 1. The summed E-state index contributed by atoms with van der Waals surface area (Å²) in [4.78, 5) is 45.1. The number of pyridine rings is 2. The Hall–Kier alpha value is -4.16. The Morgan fingerprint density at radius 3 is 2.66 bits per heavy atom. The highest BCUT2D eigenvalue weighted by atomic mass is 16.6. The molecule has 1 saturated heterocycles. The van der Waals surface area contributed by atoms with E-state index < -0.39 is 34.3 Å². The number of benzene rings is 1. The van der Waals surface area contributed by atoms with Crippen molar-refractivity contribution in [1.82, 2.24) is 19.5 Å². The van der Waals surface area contributed by atoms with Crippen LogP contribution in [-0.2, 0) is 28.3 Å². The maximum absolute atomic E-state index is 13.7. The first kappa shape index (κ1) is 24.2. The van der Waals surface area contributed by atoms with Crippen LogP contribution in [0.1, 0.15) is 35.6 Å². The molecule has 12 heteroatoms. The highest BCUT2D eigenvalue weighted by molar-refractivity contribution is 6.03. The molecule has 0 aliphatic carbocycles. The van der Waals surface area contributed by atoms with Crippen LogP contribution in [0.15, 0.2) is 34.2 Å². The molecule has 1 N–H and O–H groups in total. The molecule has 0 radical (unpaired) electrons. The summed E-state index contributed by atoms with van der Waals surface area (Å²) >= 11 is 0. The zero-order valence-electron chi connectivity index (χ0n) is 21.0. The number of nitro groups is 1. The van der Waals surface area contributed by atoms with Crippen LogP contribution >= 0.6 is 0 Å². The molecule has 196 valence electrons. The first-order valence-corrected chi connectivity index (χ1v) is 12.5. The summed E-state index contributed by atoms with van der Waals surface area (Å²) in [5.41, 5.74) is -1.56. The predicted molar refractivity (Wildman–Crippen MR) is 138 cm³/mol. The Morgan fingerprint density at radius 2 is 1.95 bits per heavy atom. The van der Waals surface area contributed by atoms with Gasteiger partial charge in [-0.1, -0.05) is 25.1 Å². The van der Waals surface area contributed by atoms with Gasteiger partial charge in [0.25, 0.3) is 5.56 Å². The average molecular weight is 519 g/mol. The highest BCUT2D eigenvalue weighted by Gasteiger charge is 2.52. The van der Waals surface area contributed by atoms with Crippen molar-refractivity contribution >= 4 is 28.8 Å². The van der Waals surface area contributed by atoms with E-state index in [9.17, 15) is 24.8 Å². The Bertz CT molecular complexity index is 1610. The quantitative estimate of drug-likeness (QED) is 0.184. The summed E-state index contributed by atoms with van der Waals surface area (Å²) in [6.07, 6.45) is 1.55. The average Bonchev–Trinajstić information content (AvgIpc) is 3.29. The minimum absolute atomic E-state index is 0.0182. The number of hydrogen-bond acceptors (Lipinski definition) is 10. The summed E-state index contributed by atoms with van der Waals surface area (Å²) in [5.74, 6) is -1.01. The molecule has 0 unspecified atom stereocenters. The molecule has 0 saturated carbocycles. The number of hydrazone groups is 1. The molecule has 5 heterocycles. The number of carbonyl (C=O) groups is 1. The predicted octanol–water partition coefficient (Wildman–Crippen LogP) is 1.57. The topological polar surface area (TPSA) is 143 Å². The fraction of sp³-hybridized carbons (Fsp3) is 0.385. The number of aromatic nitrogens is 2. The van der Waals surface area contributed by atoms with Crippen molar-refractivity contribution in [2.24, 2.45) is 5.10 Å². The summed E-state index contributed by atoms with van der Waals surface area (Å²) in [6, 6.07) is 7.40. The Morgan fingerprint density at radius 1 is 1.21 bits per heavy atom. The third-order valence-electron chi connectivity index (χ3n) is 7.74. The van der Waals surface area contributed by atoms with Crippen LogP contribution in [0.3, 0.4) is 0 Å². The van der Waals surface area contributed by atoms with Gasteiger partial charge in [-0.2, -0.15) is 5.10 Å². The fourth-order valence-electron chi connectivity index (χ4n) is 5.58. The van der Waals surface area contributed by atoms with Crippen molar-refractivity contribution in [3.8, 4) is 11.4 Å². The van der Waals surface area contributed by atoms with Gasteiger partial charge in [-0.25, -0.2) is 9.78 Å². The maximum Gasteiger partial charge on any atom is 0.343 e. The number of hydrogen-bond donors (Lipinski definition) is 1. The van der Waals surface area contributed by atoms with Gasteiger partial charge in [-0.3, -0.25) is 24.5 Å². The normalized spacial score (nSPS) is 20.9. The number of rotatable bonds is 4. The minimum atomic E-state index is -2.31. The van der Waals surface area contributed by atoms with Crippen LogP contribution < -0.4 is 5.56 Å². The standard InChI is InChI=1S/C26H26N6O6/c1-3-26(35)20-18(14-38-25(26)34)24(33)31-13-17-16(12-27-30-10-8-29(2)9-11-30)15-6-4-5-7-19(15)28-21(17)23(31)22(20)32(36)37/h4-7,12,35H,3,8-11,13-14H2,1-2H3/b27-12+/t26-/m0/s1. The highest BCUT2D eigenvalue weighted by Crippen LogP contribution is 2.46. The first-order valence-electron chi connectivity index (χ1n) is 12.5. The van der Waals surface area contributed by atoms with E-state index in [0.717, 1.165) is 37.1 Å². The van der Waals surface area contributed by atoms with E-state index in [4.69, 9.17) is 14.8 Å². The van der Waals surface area contributed by atoms with Gasteiger partial charge in [-0.05, 0) is 19.5 Å². The van der Waals surface area contributed by atoms with Crippen molar-refractivity contribution < 1.29 is 19.6 Å². The number of esters is 1. The number of likely N-dealkylation sites (N-methyl/N-ethyl adjacent to an activating group) is 1. The van der Waals surface area contributed by atoms with Gasteiger partial charge in [0.15, 0.2) is 5.60 Å². The van der Waals surface area contributed by atoms with E-state index in [1.807, 2.05) is 23.2 Å². The molecule has 1 aromatic carbocycles. The van der Waals surface area contributed by atoms with E-state index in [-0.39, 0.29) is 35.5 Å². The zero-order valence-corrected chi connectivity index (χ0v) is 21.0. The molecule has 1 fully saturated rings. The molecule has 3 aliphatic rings. The van der Waals surface area contributed by atoms with Gasteiger partial charge < -0.3 is 14.7 Å². The molecule has 0 amide bonds. The second-order valence-corrected chi connectivity index (χ2v) is 9.86. The second kappa shape index (κ2) is 8.71. The van der Waals surface area contributed by atoms with Gasteiger partial charge in [0.2, 0.25) is 0 Å². The van der Waals surface area contributed by atoms with Gasteiger partial charge >= 0.3 is 11.7 Å². The molecular weight excluding hydrogens is 492 g/mol. The molecule has 2 aromatic heterocycles. The van der Waals surface area contributed by atoms with Crippen molar-refractivity contribution in [2.45, 2.75) is 32.1 Å². The van der Waals surface area contributed by atoms with E-state index in [2.05, 4.69) is 11.9 Å². The molecule has 6 rings (SSSR count).